The van der Waals surface area contributed by atoms with Crippen molar-refractivity contribution in [1.29, 1.82) is 0 Å². The fraction of sp³-hybridized carbons (Fsp3) is 0.500. The first-order valence-corrected chi connectivity index (χ1v) is 10.6. The van der Waals surface area contributed by atoms with Crippen molar-refractivity contribution in [2.24, 2.45) is 4.99 Å². The molecule has 11 heteroatoms. The normalized spacial score (nSPS) is 16.0. The van der Waals surface area contributed by atoms with Crippen LogP contribution in [0.5, 0.6) is 5.75 Å². The van der Waals surface area contributed by atoms with Crippen LogP contribution in [-0.4, -0.2) is 49.6 Å². The SMILES string of the molecule is CN=C(NCc1nc(C(F)(F)F)cs1)NCC(c1cccc(OC)c1)N1CCCC1.I. The van der Waals surface area contributed by atoms with Crippen LogP contribution < -0.4 is 15.4 Å². The van der Waals surface area contributed by atoms with E-state index in [9.17, 15) is 13.2 Å². The van der Waals surface area contributed by atoms with Gasteiger partial charge in [0.05, 0.1) is 19.7 Å². The Morgan fingerprint density at radius 3 is 2.65 bits per heavy atom. The van der Waals surface area contributed by atoms with Crippen LogP contribution in [0.1, 0.15) is 35.1 Å². The predicted octanol–water partition coefficient (Wildman–Crippen LogP) is 4.29. The second-order valence-corrected chi connectivity index (χ2v) is 7.91. The van der Waals surface area contributed by atoms with E-state index >= 15 is 0 Å². The molecule has 6 nitrogen and oxygen atoms in total. The molecule has 31 heavy (non-hydrogen) atoms. The minimum atomic E-state index is -4.42. The van der Waals surface area contributed by atoms with Crippen LogP contribution in [0.25, 0.3) is 0 Å². The van der Waals surface area contributed by atoms with E-state index in [0.717, 1.165) is 41.1 Å². The summed E-state index contributed by atoms with van der Waals surface area (Å²) < 4.78 is 43.5. The fourth-order valence-corrected chi connectivity index (χ4v) is 4.20. The number of guanidine groups is 1. The number of nitrogens with one attached hydrogen (secondary N) is 2. The van der Waals surface area contributed by atoms with E-state index < -0.39 is 11.9 Å². The molecule has 1 saturated heterocycles. The van der Waals surface area contributed by atoms with E-state index in [1.54, 1.807) is 14.2 Å². The number of likely N-dealkylation sites (tertiary alicyclic amines) is 1. The first-order valence-electron chi connectivity index (χ1n) is 9.75. The lowest BCUT2D eigenvalue weighted by Gasteiger charge is -2.29. The monoisotopic (exact) mass is 569 g/mol. The Hall–Kier alpha value is -1.60. The highest BCUT2D eigenvalue weighted by Crippen LogP contribution is 2.30. The highest BCUT2D eigenvalue weighted by Gasteiger charge is 2.33. The van der Waals surface area contributed by atoms with Gasteiger partial charge in [-0.3, -0.25) is 9.89 Å². The van der Waals surface area contributed by atoms with E-state index in [0.29, 0.717) is 17.5 Å². The number of hydrogen-bond donors (Lipinski definition) is 2. The molecule has 2 N–H and O–H groups in total. The maximum absolute atomic E-state index is 12.7. The van der Waals surface area contributed by atoms with Crippen LogP contribution in [-0.2, 0) is 12.7 Å². The molecule has 172 valence electrons. The van der Waals surface area contributed by atoms with Crippen molar-refractivity contribution in [3.63, 3.8) is 0 Å². The summed E-state index contributed by atoms with van der Waals surface area (Å²) >= 11 is 0.976. The number of aromatic nitrogens is 1. The molecule has 1 aliphatic rings. The second-order valence-electron chi connectivity index (χ2n) is 6.97. The van der Waals surface area contributed by atoms with Gasteiger partial charge in [-0.1, -0.05) is 12.1 Å². The quantitative estimate of drug-likeness (QED) is 0.296. The van der Waals surface area contributed by atoms with Crippen molar-refractivity contribution in [1.82, 2.24) is 20.5 Å². The molecule has 0 saturated carbocycles. The van der Waals surface area contributed by atoms with Crippen molar-refractivity contribution in [2.75, 3.05) is 33.8 Å². The van der Waals surface area contributed by atoms with E-state index in [2.05, 4.69) is 31.6 Å². The van der Waals surface area contributed by atoms with Gasteiger partial charge in [0, 0.05) is 19.0 Å². The summed E-state index contributed by atoms with van der Waals surface area (Å²) in [5, 5.41) is 7.73. The molecule has 0 aliphatic carbocycles. The maximum Gasteiger partial charge on any atom is 0.434 e. The highest BCUT2D eigenvalue weighted by molar-refractivity contribution is 14.0. The van der Waals surface area contributed by atoms with Gasteiger partial charge in [-0.05, 0) is 43.6 Å². The van der Waals surface area contributed by atoms with E-state index in [1.165, 1.54) is 12.8 Å². The summed E-state index contributed by atoms with van der Waals surface area (Å²) in [6.07, 6.45) is -2.09. The standard InChI is InChI=1S/C20H26F3N5OS.HI/c1-24-19(26-12-18-27-17(13-30-18)20(21,22)23)25-11-16(28-8-3-4-9-28)14-6-5-7-15(10-14)29-2;/h5-7,10,13,16H,3-4,8-9,11-12H2,1-2H3,(H2,24,25,26);1H. The number of methoxy groups -OCH3 is 1. The summed E-state index contributed by atoms with van der Waals surface area (Å²) in [6.45, 7) is 2.83. The number of thiazole rings is 1. The molecule has 0 spiro atoms. The lowest BCUT2D eigenvalue weighted by atomic mass is 10.1. The number of rotatable bonds is 7. The first-order chi connectivity index (χ1) is 14.4. The van der Waals surface area contributed by atoms with Gasteiger partial charge in [0.25, 0.3) is 0 Å². The van der Waals surface area contributed by atoms with E-state index in [1.807, 2.05) is 18.2 Å². The van der Waals surface area contributed by atoms with Gasteiger partial charge in [0.15, 0.2) is 11.7 Å². The van der Waals surface area contributed by atoms with Crippen LogP contribution in [0.4, 0.5) is 13.2 Å². The molecular formula is C20H27F3IN5OS. The Balaban J connectivity index is 0.00000341. The van der Waals surface area contributed by atoms with Crippen molar-refractivity contribution in [3.05, 3.63) is 45.9 Å². The molecule has 2 heterocycles. The summed E-state index contributed by atoms with van der Waals surface area (Å²) in [5.41, 5.74) is 0.285. The van der Waals surface area contributed by atoms with Gasteiger partial charge in [-0.15, -0.1) is 35.3 Å². The lowest BCUT2D eigenvalue weighted by molar-refractivity contribution is -0.140. The van der Waals surface area contributed by atoms with E-state index in [4.69, 9.17) is 4.74 Å². The van der Waals surface area contributed by atoms with Gasteiger partial charge < -0.3 is 15.4 Å². The summed E-state index contributed by atoms with van der Waals surface area (Å²) in [6, 6.07) is 8.15. The molecule has 1 aromatic heterocycles. The number of benzene rings is 1. The van der Waals surface area contributed by atoms with Crippen molar-refractivity contribution in [2.45, 2.75) is 31.6 Å². The molecule has 2 aromatic rings. The summed E-state index contributed by atoms with van der Waals surface area (Å²) in [4.78, 5) is 10.3. The molecule has 0 amide bonds. The van der Waals surface area contributed by atoms with Crippen LogP contribution >= 0.6 is 35.3 Å². The number of halogens is 4. The first kappa shape index (κ1) is 25.7. The zero-order valence-electron chi connectivity index (χ0n) is 17.4. The largest absolute Gasteiger partial charge is 0.497 e. The maximum atomic E-state index is 12.7. The van der Waals surface area contributed by atoms with Crippen molar-refractivity contribution < 1.29 is 17.9 Å². The zero-order chi connectivity index (χ0) is 21.6. The smallest absolute Gasteiger partial charge is 0.434 e. The van der Waals surface area contributed by atoms with Crippen LogP contribution in [0.15, 0.2) is 34.6 Å². The topological polar surface area (TPSA) is 61.8 Å². The Labute approximate surface area is 201 Å². The molecule has 0 radical (unpaired) electrons. The van der Waals surface area contributed by atoms with E-state index in [-0.39, 0.29) is 36.6 Å². The van der Waals surface area contributed by atoms with Gasteiger partial charge in [0.2, 0.25) is 0 Å². The predicted molar refractivity (Wildman–Crippen MR) is 127 cm³/mol. The highest BCUT2D eigenvalue weighted by atomic mass is 127. The molecule has 1 fully saturated rings. The number of hydrogen-bond acceptors (Lipinski definition) is 5. The van der Waals surface area contributed by atoms with Gasteiger partial charge in [-0.25, -0.2) is 4.98 Å². The molecule has 3 rings (SSSR count). The van der Waals surface area contributed by atoms with Crippen molar-refractivity contribution in [3.8, 4) is 5.75 Å². The van der Waals surface area contributed by atoms with Gasteiger partial charge in [0.1, 0.15) is 10.8 Å². The Bertz CT molecular complexity index is 855. The van der Waals surface area contributed by atoms with Gasteiger partial charge in [-0.2, -0.15) is 13.2 Å². The molecule has 0 bridgehead atoms. The third-order valence-corrected chi connectivity index (χ3v) is 5.84. The van der Waals surface area contributed by atoms with Crippen molar-refractivity contribution >= 4 is 41.3 Å². The Kier molecular flexibility index (Phi) is 9.82. The lowest BCUT2D eigenvalue weighted by Crippen LogP contribution is -2.42. The minimum Gasteiger partial charge on any atom is -0.497 e. The Morgan fingerprint density at radius 2 is 2.03 bits per heavy atom. The average molecular weight is 569 g/mol. The molecule has 1 aromatic carbocycles. The molecular weight excluding hydrogens is 542 g/mol. The average Bonchev–Trinajstić information content (AvgIpc) is 3.42. The van der Waals surface area contributed by atoms with Crippen LogP contribution in [0.2, 0.25) is 0 Å². The fourth-order valence-electron chi connectivity index (χ4n) is 3.46. The second kappa shape index (κ2) is 11.9. The summed E-state index contributed by atoms with van der Waals surface area (Å²) in [5.74, 6) is 1.33. The molecule has 1 aliphatic heterocycles. The zero-order valence-corrected chi connectivity index (χ0v) is 20.6. The summed E-state index contributed by atoms with van der Waals surface area (Å²) in [7, 11) is 3.28. The Morgan fingerprint density at radius 1 is 1.29 bits per heavy atom. The number of alkyl halides is 3. The van der Waals surface area contributed by atoms with Crippen LogP contribution in [0.3, 0.4) is 0 Å². The number of aliphatic imine (C=N–C) groups is 1. The number of nitrogens with zero attached hydrogens (tertiary/aromatic N) is 3. The molecule has 1 unspecified atom stereocenters. The third kappa shape index (κ3) is 7.21. The number of ether oxygens (including phenoxy) is 1. The third-order valence-electron chi connectivity index (χ3n) is 5.00. The van der Waals surface area contributed by atoms with Gasteiger partial charge >= 0.3 is 6.18 Å². The minimum absolute atomic E-state index is 0. The van der Waals surface area contributed by atoms with Crippen LogP contribution in [0, 0.1) is 0 Å². The molecule has 1 atom stereocenters.